The van der Waals surface area contributed by atoms with Crippen molar-refractivity contribution in [3.63, 3.8) is 0 Å². The van der Waals surface area contributed by atoms with E-state index in [0.29, 0.717) is 5.82 Å². The van der Waals surface area contributed by atoms with Crippen molar-refractivity contribution in [3.8, 4) is 16.9 Å². The van der Waals surface area contributed by atoms with Crippen LogP contribution in [0.3, 0.4) is 0 Å². The summed E-state index contributed by atoms with van der Waals surface area (Å²) in [5.74, 6) is 0.769. The third kappa shape index (κ3) is 4.67. The Bertz CT molecular complexity index is 1520. The van der Waals surface area contributed by atoms with E-state index in [-0.39, 0.29) is 35.4 Å². The van der Waals surface area contributed by atoms with Crippen LogP contribution in [0.2, 0.25) is 0 Å². The first kappa shape index (κ1) is 24.9. The van der Waals surface area contributed by atoms with Gasteiger partial charge in [-0.1, -0.05) is 48.0 Å². The Hall–Kier alpha value is -3.36. The van der Waals surface area contributed by atoms with E-state index in [2.05, 4.69) is 67.9 Å². The second kappa shape index (κ2) is 10.1. The molecule has 0 radical (unpaired) electrons. The number of nitrogens with zero attached hydrogens (tertiary/aromatic N) is 3. The first-order valence-corrected chi connectivity index (χ1v) is 14.8. The van der Waals surface area contributed by atoms with Gasteiger partial charge in [0.15, 0.2) is 0 Å². The van der Waals surface area contributed by atoms with Crippen molar-refractivity contribution in [1.29, 1.82) is 0 Å². The van der Waals surface area contributed by atoms with Crippen LogP contribution in [0.1, 0.15) is 45.2 Å². The fourth-order valence-electron chi connectivity index (χ4n) is 5.04. The Morgan fingerprint density at radius 3 is 2.53 bits per heavy atom. The molecule has 0 unspecified atom stereocenters. The number of carbonyl (C=O) groups excluding carboxylic acids is 2. The van der Waals surface area contributed by atoms with Crippen molar-refractivity contribution >= 4 is 40.7 Å². The lowest BCUT2D eigenvalue weighted by Gasteiger charge is -2.23. The molecule has 0 saturated heterocycles. The van der Waals surface area contributed by atoms with Gasteiger partial charge in [0.05, 0.1) is 22.4 Å². The second-order valence-electron chi connectivity index (χ2n) is 10.1. The number of carbonyl (C=O) groups is 2. The van der Waals surface area contributed by atoms with E-state index in [1.807, 2.05) is 22.9 Å². The monoisotopic (exact) mass is 542 g/mol. The SMILES string of the molecule is Cc1ccc(-n2nc(-c3ccccc3)c3c2N(CC(=O)NC2CC2)C(=O)CS[C@H]3c2sccc2C)c(C)c1. The smallest absolute Gasteiger partial charge is 0.240 e. The highest BCUT2D eigenvalue weighted by atomic mass is 32.2. The fourth-order valence-corrected chi connectivity index (χ4v) is 7.52. The number of anilines is 1. The van der Waals surface area contributed by atoms with Gasteiger partial charge in [-0.05, 0) is 62.3 Å². The Balaban J connectivity index is 1.62. The van der Waals surface area contributed by atoms with Crippen LogP contribution in [0, 0.1) is 20.8 Å². The lowest BCUT2D eigenvalue weighted by molar-refractivity contribution is -0.123. The summed E-state index contributed by atoms with van der Waals surface area (Å²) in [6, 6.07) is 18.8. The van der Waals surface area contributed by atoms with Gasteiger partial charge in [0.1, 0.15) is 12.4 Å². The van der Waals surface area contributed by atoms with E-state index >= 15 is 0 Å². The van der Waals surface area contributed by atoms with Gasteiger partial charge < -0.3 is 5.32 Å². The molecular formula is C30H30N4O2S2. The molecule has 1 saturated carbocycles. The van der Waals surface area contributed by atoms with Crippen LogP contribution in [-0.2, 0) is 9.59 Å². The molecule has 2 aliphatic rings. The number of thioether (sulfide) groups is 1. The lowest BCUT2D eigenvalue weighted by Crippen LogP contribution is -2.43. The molecule has 38 heavy (non-hydrogen) atoms. The van der Waals surface area contributed by atoms with Gasteiger partial charge in [0.2, 0.25) is 11.8 Å². The molecule has 1 N–H and O–H groups in total. The summed E-state index contributed by atoms with van der Waals surface area (Å²) in [4.78, 5) is 29.7. The van der Waals surface area contributed by atoms with Crippen LogP contribution >= 0.6 is 23.1 Å². The number of hydrogen-bond donors (Lipinski definition) is 1. The van der Waals surface area contributed by atoms with Crippen LogP contribution < -0.4 is 10.2 Å². The highest BCUT2D eigenvalue weighted by molar-refractivity contribution is 8.00. The molecule has 6 rings (SSSR count). The minimum absolute atomic E-state index is 0.0239. The van der Waals surface area contributed by atoms with Gasteiger partial charge in [-0.2, -0.15) is 5.10 Å². The quantitative estimate of drug-likeness (QED) is 0.326. The number of thiophene rings is 1. The average Bonchev–Trinajstić information content (AvgIpc) is 3.51. The van der Waals surface area contributed by atoms with E-state index in [1.165, 1.54) is 10.4 Å². The number of rotatable bonds is 6. The Morgan fingerprint density at radius 1 is 1.05 bits per heavy atom. The molecule has 2 aromatic carbocycles. The summed E-state index contributed by atoms with van der Waals surface area (Å²) in [6.45, 7) is 6.23. The maximum absolute atomic E-state index is 13.8. The van der Waals surface area contributed by atoms with Crippen molar-refractivity contribution in [3.05, 3.63) is 87.1 Å². The molecule has 1 fully saturated rings. The molecule has 1 atom stereocenters. The Labute approximate surface area is 231 Å². The van der Waals surface area contributed by atoms with Crippen LogP contribution in [0.15, 0.2) is 60.0 Å². The van der Waals surface area contributed by atoms with Crippen LogP contribution in [0.5, 0.6) is 0 Å². The zero-order valence-electron chi connectivity index (χ0n) is 21.7. The summed E-state index contributed by atoms with van der Waals surface area (Å²) in [5, 5.41) is 10.3. The molecule has 3 heterocycles. The van der Waals surface area contributed by atoms with E-state index in [1.54, 1.807) is 28.0 Å². The number of nitrogens with one attached hydrogen (secondary N) is 1. The molecular weight excluding hydrogens is 512 g/mol. The number of aryl methyl sites for hydroxylation is 3. The molecule has 2 amide bonds. The largest absolute Gasteiger partial charge is 0.352 e. The van der Waals surface area contributed by atoms with Gasteiger partial charge >= 0.3 is 0 Å². The standard InChI is InChI=1S/C30H30N4O2S2/c1-18-9-12-23(20(3)15-18)34-30-26(27(32-34)21-7-5-4-6-8-21)29(28-19(2)13-14-37-28)38-17-25(36)33(30)16-24(35)31-22-10-11-22/h4-9,12-15,22,29H,10-11,16-17H2,1-3H3,(H,31,35)/t29-/m1/s1. The first-order chi connectivity index (χ1) is 18.4. The molecule has 6 nitrogen and oxygen atoms in total. The van der Waals surface area contributed by atoms with Crippen molar-refractivity contribution in [2.24, 2.45) is 0 Å². The summed E-state index contributed by atoms with van der Waals surface area (Å²) < 4.78 is 1.90. The third-order valence-electron chi connectivity index (χ3n) is 7.10. The molecule has 2 aromatic heterocycles. The molecule has 1 aliphatic heterocycles. The van der Waals surface area contributed by atoms with E-state index in [0.717, 1.165) is 46.5 Å². The second-order valence-corrected chi connectivity index (χ2v) is 12.2. The van der Waals surface area contributed by atoms with Crippen molar-refractivity contribution < 1.29 is 9.59 Å². The minimum atomic E-state index is -0.128. The topological polar surface area (TPSA) is 67.2 Å². The Kier molecular flexibility index (Phi) is 6.61. The summed E-state index contributed by atoms with van der Waals surface area (Å²) in [5.41, 5.74) is 7.14. The van der Waals surface area contributed by atoms with Crippen LogP contribution in [0.4, 0.5) is 5.82 Å². The van der Waals surface area contributed by atoms with Gasteiger partial charge in [-0.15, -0.1) is 23.1 Å². The number of benzene rings is 2. The molecule has 8 heteroatoms. The van der Waals surface area contributed by atoms with Crippen LogP contribution in [0.25, 0.3) is 16.9 Å². The predicted octanol–water partition coefficient (Wildman–Crippen LogP) is 5.97. The first-order valence-electron chi connectivity index (χ1n) is 12.9. The minimum Gasteiger partial charge on any atom is -0.352 e. The van der Waals surface area contributed by atoms with Gasteiger partial charge in [0, 0.05) is 22.0 Å². The number of fused-ring (bicyclic) bond motifs is 1. The zero-order valence-corrected chi connectivity index (χ0v) is 23.4. The maximum atomic E-state index is 13.8. The number of amides is 2. The fraction of sp³-hybridized carbons (Fsp3) is 0.300. The normalized spacial score (nSPS) is 17.3. The number of aromatic nitrogens is 2. The molecule has 4 aromatic rings. The maximum Gasteiger partial charge on any atom is 0.240 e. The van der Waals surface area contributed by atoms with Crippen molar-refractivity contribution in [2.75, 3.05) is 17.2 Å². The number of hydrogen-bond acceptors (Lipinski definition) is 5. The van der Waals surface area contributed by atoms with Crippen LogP contribution in [-0.4, -0.2) is 39.9 Å². The van der Waals surface area contributed by atoms with E-state index < -0.39 is 0 Å². The molecule has 194 valence electrons. The van der Waals surface area contributed by atoms with Gasteiger partial charge in [-0.3, -0.25) is 14.5 Å². The zero-order chi connectivity index (χ0) is 26.4. The van der Waals surface area contributed by atoms with E-state index in [9.17, 15) is 9.59 Å². The summed E-state index contributed by atoms with van der Waals surface area (Å²) in [7, 11) is 0. The highest BCUT2D eigenvalue weighted by Gasteiger charge is 2.39. The van der Waals surface area contributed by atoms with Crippen molar-refractivity contribution in [2.45, 2.75) is 44.9 Å². The average molecular weight is 543 g/mol. The molecule has 1 aliphatic carbocycles. The summed E-state index contributed by atoms with van der Waals surface area (Å²) in [6.07, 6.45) is 2.00. The molecule has 0 bridgehead atoms. The van der Waals surface area contributed by atoms with Crippen molar-refractivity contribution in [1.82, 2.24) is 15.1 Å². The third-order valence-corrected chi connectivity index (χ3v) is 9.55. The lowest BCUT2D eigenvalue weighted by atomic mass is 10.0. The van der Waals surface area contributed by atoms with Gasteiger partial charge in [-0.25, -0.2) is 4.68 Å². The molecule has 0 spiro atoms. The highest BCUT2D eigenvalue weighted by Crippen LogP contribution is 2.50. The van der Waals surface area contributed by atoms with E-state index in [4.69, 9.17) is 5.10 Å². The Morgan fingerprint density at radius 2 is 1.84 bits per heavy atom. The van der Waals surface area contributed by atoms with Gasteiger partial charge in [0.25, 0.3) is 0 Å². The predicted molar refractivity (Wildman–Crippen MR) is 155 cm³/mol. The summed E-state index contributed by atoms with van der Waals surface area (Å²) >= 11 is 3.33.